The van der Waals surface area contributed by atoms with Crippen LogP contribution in [0.25, 0.3) is 0 Å². The third kappa shape index (κ3) is 3.03. The summed E-state index contributed by atoms with van der Waals surface area (Å²) in [5.74, 6) is 1.84. The highest BCUT2D eigenvalue weighted by molar-refractivity contribution is 5.82. The van der Waals surface area contributed by atoms with E-state index in [2.05, 4.69) is 9.80 Å². The Morgan fingerprint density at radius 3 is 2.15 bits per heavy atom. The molecule has 0 aromatic rings. The van der Waals surface area contributed by atoms with E-state index in [0.717, 1.165) is 39.0 Å². The lowest BCUT2D eigenvalue weighted by atomic mass is 9.89. The van der Waals surface area contributed by atoms with Crippen LogP contribution < -0.4 is 0 Å². The number of methoxy groups -OCH3 is 1. The molecule has 5 fully saturated rings. The van der Waals surface area contributed by atoms with Gasteiger partial charge in [0.1, 0.15) is 0 Å². The molecule has 0 aromatic carbocycles. The lowest BCUT2D eigenvalue weighted by Crippen LogP contribution is -2.62. The molecule has 4 aliphatic heterocycles. The van der Waals surface area contributed by atoms with Crippen molar-refractivity contribution in [1.82, 2.24) is 14.7 Å². The molecule has 2 amide bonds. The summed E-state index contributed by atoms with van der Waals surface area (Å²) in [6.45, 7) is 5.26. The minimum absolute atomic E-state index is 0.123. The summed E-state index contributed by atoms with van der Waals surface area (Å²) >= 11 is 0. The zero-order valence-electron chi connectivity index (χ0n) is 16.2. The first kappa shape index (κ1) is 17.7. The van der Waals surface area contributed by atoms with Gasteiger partial charge in [0.2, 0.25) is 5.91 Å². The van der Waals surface area contributed by atoms with Crippen LogP contribution in [0.4, 0.5) is 4.79 Å². The van der Waals surface area contributed by atoms with Crippen molar-refractivity contribution in [3.8, 4) is 0 Å². The number of nitrogens with zero attached hydrogens (tertiary/aromatic N) is 3. The van der Waals surface area contributed by atoms with Crippen LogP contribution >= 0.6 is 0 Å². The van der Waals surface area contributed by atoms with Crippen molar-refractivity contribution in [3.05, 3.63) is 0 Å². The van der Waals surface area contributed by atoms with Crippen LogP contribution in [0.2, 0.25) is 0 Å². The summed E-state index contributed by atoms with van der Waals surface area (Å²) in [7, 11) is 1.46. The predicted molar refractivity (Wildman–Crippen MR) is 98.1 cm³/mol. The summed E-state index contributed by atoms with van der Waals surface area (Å²) in [4.78, 5) is 31.5. The van der Waals surface area contributed by atoms with Crippen LogP contribution in [0.15, 0.2) is 0 Å². The number of likely N-dealkylation sites (tertiary alicyclic amines) is 2. The van der Waals surface area contributed by atoms with Gasteiger partial charge in [0.05, 0.1) is 32.4 Å². The number of hydrogen-bond donors (Lipinski definition) is 0. The molecule has 7 nitrogen and oxygen atoms in total. The summed E-state index contributed by atoms with van der Waals surface area (Å²) in [5, 5.41) is 0. The van der Waals surface area contributed by atoms with Crippen molar-refractivity contribution >= 4 is 12.0 Å². The highest BCUT2D eigenvalue weighted by Crippen LogP contribution is 2.54. The minimum Gasteiger partial charge on any atom is -0.453 e. The molecule has 0 spiro atoms. The molecular formula is C20H31N3O4. The van der Waals surface area contributed by atoms with Gasteiger partial charge < -0.3 is 14.4 Å². The van der Waals surface area contributed by atoms with Crippen molar-refractivity contribution in [2.45, 2.75) is 50.2 Å². The fourth-order valence-corrected chi connectivity index (χ4v) is 6.14. The van der Waals surface area contributed by atoms with Gasteiger partial charge in [0.15, 0.2) is 0 Å². The fourth-order valence-electron chi connectivity index (χ4n) is 6.14. The van der Waals surface area contributed by atoms with Gasteiger partial charge in [-0.15, -0.1) is 0 Å². The largest absolute Gasteiger partial charge is 0.453 e. The van der Waals surface area contributed by atoms with Gasteiger partial charge in [-0.1, -0.05) is 0 Å². The second-order valence-electron chi connectivity index (χ2n) is 9.04. The zero-order valence-corrected chi connectivity index (χ0v) is 16.2. The Morgan fingerprint density at radius 2 is 1.56 bits per heavy atom. The van der Waals surface area contributed by atoms with Gasteiger partial charge in [0.25, 0.3) is 0 Å². The molecule has 5 aliphatic rings. The quantitative estimate of drug-likeness (QED) is 0.723. The van der Waals surface area contributed by atoms with Crippen molar-refractivity contribution < 1.29 is 19.1 Å². The highest BCUT2D eigenvalue weighted by Gasteiger charge is 2.61. The van der Waals surface area contributed by atoms with Crippen LogP contribution in [0.1, 0.15) is 32.1 Å². The monoisotopic (exact) mass is 377 g/mol. The van der Waals surface area contributed by atoms with E-state index in [-0.39, 0.29) is 24.1 Å². The molecule has 7 heteroatoms. The summed E-state index contributed by atoms with van der Waals surface area (Å²) in [6.07, 6.45) is 5.30. The topological polar surface area (TPSA) is 62.3 Å². The van der Waals surface area contributed by atoms with E-state index in [1.165, 1.54) is 26.4 Å². The van der Waals surface area contributed by atoms with Crippen molar-refractivity contribution in [3.63, 3.8) is 0 Å². The second-order valence-corrected chi connectivity index (χ2v) is 9.04. The average molecular weight is 377 g/mol. The first-order chi connectivity index (χ1) is 13.2. The Balaban J connectivity index is 1.18. The van der Waals surface area contributed by atoms with E-state index in [9.17, 15) is 9.59 Å². The van der Waals surface area contributed by atoms with Crippen LogP contribution in [0.5, 0.6) is 0 Å². The van der Waals surface area contributed by atoms with Gasteiger partial charge in [-0.3, -0.25) is 14.6 Å². The number of ether oxygens (including phenoxy) is 2. The Morgan fingerprint density at radius 1 is 0.926 bits per heavy atom. The Hall–Kier alpha value is -1.34. The molecule has 2 unspecified atom stereocenters. The van der Waals surface area contributed by atoms with E-state index in [0.29, 0.717) is 37.0 Å². The number of fused-ring (bicyclic) bond motifs is 3. The van der Waals surface area contributed by atoms with Crippen molar-refractivity contribution in [1.29, 1.82) is 0 Å². The van der Waals surface area contributed by atoms with E-state index in [1.807, 2.05) is 4.90 Å². The van der Waals surface area contributed by atoms with Crippen LogP contribution in [0.3, 0.4) is 0 Å². The first-order valence-corrected chi connectivity index (χ1v) is 10.6. The van der Waals surface area contributed by atoms with Crippen LogP contribution in [0, 0.1) is 17.8 Å². The number of carbonyl (C=O) groups excluding carboxylic acids is 2. The van der Waals surface area contributed by atoms with Gasteiger partial charge >= 0.3 is 6.09 Å². The number of amides is 2. The number of rotatable bonds is 2. The second kappa shape index (κ2) is 6.92. The molecular weight excluding hydrogens is 346 g/mol. The summed E-state index contributed by atoms with van der Waals surface area (Å²) in [6, 6.07) is 0.749. The first-order valence-electron chi connectivity index (χ1n) is 10.6. The van der Waals surface area contributed by atoms with E-state index >= 15 is 0 Å². The Kier molecular flexibility index (Phi) is 4.55. The van der Waals surface area contributed by atoms with Gasteiger partial charge in [0, 0.05) is 38.1 Å². The Bertz CT molecular complexity index is 582. The normalized spacial score (nSPS) is 41.2. The van der Waals surface area contributed by atoms with Crippen LogP contribution in [-0.4, -0.2) is 91.3 Å². The molecule has 1 saturated carbocycles. The molecule has 4 heterocycles. The molecule has 0 aromatic heterocycles. The fraction of sp³-hybridized carbons (Fsp3) is 0.900. The van der Waals surface area contributed by atoms with E-state index in [4.69, 9.17) is 9.47 Å². The number of piperidine rings is 3. The molecule has 0 radical (unpaired) electrons. The van der Waals surface area contributed by atoms with Crippen LogP contribution in [-0.2, 0) is 14.3 Å². The van der Waals surface area contributed by atoms with Gasteiger partial charge in [-0.25, -0.2) is 4.79 Å². The lowest BCUT2D eigenvalue weighted by Gasteiger charge is -2.49. The maximum absolute atomic E-state index is 12.8. The van der Waals surface area contributed by atoms with Gasteiger partial charge in [-0.2, -0.15) is 0 Å². The third-order valence-electron chi connectivity index (χ3n) is 7.57. The molecule has 1 aliphatic carbocycles. The summed E-state index contributed by atoms with van der Waals surface area (Å²) < 4.78 is 10.7. The van der Waals surface area contributed by atoms with E-state index < -0.39 is 0 Å². The molecule has 5 atom stereocenters. The smallest absolute Gasteiger partial charge is 0.410 e. The standard InChI is InChI=1S/C20H31N3O4/c1-26-20(25)23-14-7-13(8-15(23)12-27-11-14)22-9-16-17(10-22)18(16)19(24)21-5-3-2-4-6-21/h13-18H,2-12H2,1H3/t13?,14?,15?,16-,17+,18+. The maximum Gasteiger partial charge on any atom is 0.410 e. The minimum atomic E-state index is -0.219. The Labute approximate surface area is 160 Å². The SMILES string of the molecule is COC(=O)N1C2COCC1CC(N1C[C@@H]3[C@H](C1)[C@H]3C(=O)N1CCCCC1)C2. The lowest BCUT2D eigenvalue weighted by molar-refractivity contribution is -0.134. The molecule has 0 N–H and O–H groups in total. The molecule has 5 rings (SSSR count). The van der Waals surface area contributed by atoms with Gasteiger partial charge in [-0.05, 0) is 43.9 Å². The summed E-state index contributed by atoms with van der Waals surface area (Å²) in [5.41, 5.74) is 0. The van der Waals surface area contributed by atoms with Crippen molar-refractivity contribution in [2.24, 2.45) is 17.8 Å². The average Bonchev–Trinajstić information content (AvgIpc) is 3.19. The zero-order chi connectivity index (χ0) is 18.5. The molecule has 150 valence electrons. The molecule has 27 heavy (non-hydrogen) atoms. The molecule has 4 saturated heterocycles. The highest BCUT2D eigenvalue weighted by atomic mass is 16.5. The maximum atomic E-state index is 12.8. The number of hydrogen-bond acceptors (Lipinski definition) is 5. The van der Waals surface area contributed by atoms with Crippen molar-refractivity contribution in [2.75, 3.05) is 46.5 Å². The predicted octanol–water partition coefficient (Wildman–Crippen LogP) is 1.17. The molecule has 2 bridgehead atoms. The number of carbonyl (C=O) groups is 2. The van der Waals surface area contributed by atoms with E-state index in [1.54, 1.807) is 0 Å². The number of morpholine rings is 1. The third-order valence-corrected chi connectivity index (χ3v) is 7.57.